The largest absolute Gasteiger partial charge is 0.295 e. The molecule has 0 fully saturated rings. The quantitative estimate of drug-likeness (QED) is 0.721. The van der Waals surface area contributed by atoms with Gasteiger partial charge in [-0.1, -0.05) is 13.8 Å². The second kappa shape index (κ2) is 5.29. The maximum absolute atomic E-state index is 11.3. The lowest BCUT2D eigenvalue weighted by Gasteiger charge is -2.06. The Morgan fingerprint density at radius 3 is 2.93 bits per heavy atom. The highest BCUT2D eigenvalue weighted by atomic mass is 16.6. The van der Waals surface area contributed by atoms with Crippen LogP contribution in [0.2, 0.25) is 0 Å². The second-order valence-corrected chi connectivity index (χ2v) is 3.23. The van der Waals surface area contributed by atoms with Gasteiger partial charge in [-0.3, -0.25) is 14.6 Å². The first kappa shape index (κ1) is 10.6. The fourth-order valence-corrected chi connectivity index (χ4v) is 0.743. The zero-order chi connectivity index (χ0) is 10.4. The third-order valence-electron chi connectivity index (χ3n) is 1.38. The van der Waals surface area contributed by atoms with E-state index < -0.39 is 0 Å². The molecule has 0 saturated heterocycles. The SMILES string of the molecule is CC(C)CONC(=O)c1cnccn1. The summed E-state index contributed by atoms with van der Waals surface area (Å²) in [7, 11) is 0. The number of hydrogen-bond donors (Lipinski definition) is 1. The van der Waals surface area contributed by atoms with Gasteiger partial charge in [-0.05, 0) is 5.92 Å². The summed E-state index contributed by atoms with van der Waals surface area (Å²) >= 11 is 0. The molecule has 0 aliphatic heterocycles. The van der Waals surface area contributed by atoms with E-state index in [0.717, 1.165) is 0 Å². The first-order valence-corrected chi connectivity index (χ1v) is 4.38. The van der Waals surface area contributed by atoms with Crippen molar-refractivity contribution in [3.05, 3.63) is 24.3 Å². The van der Waals surface area contributed by atoms with E-state index in [1.165, 1.54) is 18.6 Å². The molecule has 76 valence electrons. The molecule has 0 radical (unpaired) electrons. The minimum absolute atomic E-state index is 0.247. The van der Waals surface area contributed by atoms with Gasteiger partial charge in [0.05, 0.1) is 12.8 Å². The molecule has 1 amide bonds. The minimum Gasteiger partial charge on any atom is -0.273 e. The monoisotopic (exact) mass is 195 g/mol. The molecule has 0 aromatic carbocycles. The molecule has 5 nitrogen and oxygen atoms in total. The van der Waals surface area contributed by atoms with E-state index in [2.05, 4.69) is 15.4 Å². The zero-order valence-corrected chi connectivity index (χ0v) is 8.23. The van der Waals surface area contributed by atoms with Crippen LogP contribution in [0.5, 0.6) is 0 Å². The molecule has 0 bridgehead atoms. The average Bonchev–Trinajstić information content (AvgIpc) is 2.18. The molecule has 5 heteroatoms. The molecule has 0 unspecified atom stereocenters. The molecule has 1 aromatic heterocycles. The van der Waals surface area contributed by atoms with Crippen LogP contribution in [-0.2, 0) is 4.84 Å². The molecular formula is C9H13N3O2. The lowest BCUT2D eigenvalue weighted by atomic mass is 10.2. The Morgan fingerprint density at radius 1 is 1.57 bits per heavy atom. The maximum atomic E-state index is 11.3. The van der Waals surface area contributed by atoms with E-state index in [1.807, 2.05) is 13.8 Å². The predicted octanol–water partition coefficient (Wildman–Crippen LogP) is 0.794. The highest BCUT2D eigenvalue weighted by Gasteiger charge is 2.06. The van der Waals surface area contributed by atoms with Crippen LogP contribution >= 0.6 is 0 Å². The number of amides is 1. The lowest BCUT2D eigenvalue weighted by molar-refractivity contribution is 0.0204. The number of nitrogens with one attached hydrogen (secondary N) is 1. The third kappa shape index (κ3) is 3.49. The fourth-order valence-electron chi connectivity index (χ4n) is 0.743. The first-order chi connectivity index (χ1) is 6.70. The Bertz CT molecular complexity index is 287. The summed E-state index contributed by atoms with van der Waals surface area (Å²) in [5.41, 5.74) is 2.54. The lowest BCUT2D eigenvalue weighted by Crippen LogP contribution is -2.26. The minimum atomic E-state index is -0.376. The van der Waals surface area contributed by atoms with Crippen molar-refractivity contribution in [3.63, 3.8) is 0 Å². The summed E-state index contributed by atoms with van der Waals surface area (Å²) in [6, 6.07) is 0. The fraction of sp³-hybridized carbons (Fsp3) is 0.444. The predicted molar refractivity (Wildman–Crippen MR) is 50.3 cm³/mol. The van der Waals surface area contributed by atoms with E-state index in [4.69, 9.17) is 4.84 Å². The van der Waals surface area contributed by atoms with E-state index in [-0.39, 0.29) is 11.6 Å². The topological polar surface area (TPSA) is 64.1 Å². The van der Waals surface area contributed by atoms with Gasteiger partial charge >= 0.3 is 0 Å². The van der Waals surface area contributed by atoms with Crippen LogP contribution in [0.3, 0.4) is 0 Å². The summed E-state index contributed by atoms with van der Waals surface area (Å²) in [5.74, 6) is -0.00379. The molecule has 0 spiro atoms. The van der Waals surface area contributed by atoms with E-state index in [9.17, 15) is 4.79 Å². The first-order valence-electron chi connectivity index (χ1n) is 4.38. The van der Waals surface area contributed by atoms with Gasteiger partial charge < -0.3 is 0 Å². The van der Waals surface area contributed by atoms with Crippen molar-refractivity contribution in [2.45, 2.75) is 13.8 Å². The molecule has 1 aromatic rings. The summed E-state index contributed by atoms with van der Waals surface area (Å²) in [4.78, 5) is 23.8. The van der Waals surface area contributed by atoms with Gasteiger partial charge in [-0.25, -0.2) is 10.5 Å². The molecule has 14 heavy (non-hydrogen) atoms. The van der Waals surface area contributed by atoms with Crippen LogP contribution in [0, 0.1) is 5.92 Å². The smallest absolute Gasteiger partial charge is 0.273 e. The van der Waals surface area contributed by atoms with Crippen LogP contribution in [0.4, 0.5) is 0 Å². The number of carbonyl (C=O) groups excluding carboxylic acids is 1. The second-order valence-electron chi connectivity index (χ2n) is 3.23. The van der Waals surface area contributed by atoms with E-state index in [0.29, 0.717) is 12.5 Å². The molecule has 0 aliphatic carbocycles. The van der Waals surface area contributed by atoms with Crippen molar-refractivity contribution in [1.82, 2.24) is 15.4 Å². The van der Waals surface area contributed by atoms with Crippen molar-refractivity contribution >= 4 is 5.91 Å². The zero-order valence-electron chi connectivity index (χ0n) is 8.23. The number of hydroxylamine groups is 1. The summed E-state index contributed by atoms with van der Waals surface area (Å²) in [6.07, 6.45) is 4.34. The van der Waals surface area contributed by atoms with Gasteiger partial charge in [0, 0.05) is 12.4 Å². The Hall–Kier alpha value is -1.49. The van der Waals surface area contributed by atoms with Gasteiger partial charge in [-0.15, -0.1) is 0 Å². The van der Waals surface area contributed by atoms with Gasteiger partial charge in [0.2, 0.25) is 0 Å². The van der Waals surface area contributed by atoms with Crippen LogP contribution in [0.1, 0.15) is 24.3 Å². The number of carbonyl (C=O) groups is 1. The van der Waals surface area contributed by atoms with Gasteiger partial charge in [0.15, 0.2) is 0 Å². The number of hydrogen-bond acceptors (Lipinski definition) is 4. The number of rotatable bonds is 4. The summed E-state index contributed by atoms with van der Waals surface area (Å²) < 4.78 is 0. The standard InChI is InChI=1S/C9H13N3O2/c1-7(2)6-14-12-9(13)8-5-10-3-4-11-8/h3-5,7H,6H2,1-2H3,(H,12,13). The van der Waals surface area contributed by atoms with Crippen LogP contribution < -0.4 is 5.48 Å². The molecule has 0 saturated carbocycles. The van der Waals surface area contributed by atoms with Crippen molar-refractivity contribution in [3.8, 4) is 0 Å². The van der Waals surface area contributed by atoms with Crippen molar-refractivity contribution in [1.29, 1.82) is 0 Å². The van der Waals surface area contributed by atoms with Gasteiger partial charge in [0.25, 0.3) is 5.91 Å². The van der Waals surface area contributed by atoms with Crippen LogP contribution in [0.15, 0.2) is 18.6 Å². The van der Waals surface area contributed by atoms with E-state index in [1.54, 1.807) is 0 Å². The number of aromatic nitrogens is 2. The molecule has 0 aliphatic rings. The summed E-state index contributed by atoms with van der Waals surface area (Å²) in [5, 5.41) is 0. The Kier molecular flexibility index (Phi) is 4.00. The third-order valence-corrected chi connectivity index (χ3v) is 1.38. The highest BCUT2D eigenvalue weighted by Crippen LogP contribution is 1.92. The van der Waals surface area contributed by atoms with Crippen molar-refractivity contribution in [2.24, 2.45) is 5.92 Å². The Labute approximate surface area is 82.5 Å². The van der Waals surface area contributed by atoms with Gasteiger partial charge in [-0.2, -0.15) is 0 Å². The molecular weight excluding hydrogens is 182 g/mol. The van der Waals surface area contributed by atoms with Crippen molar-refractivity contribution < 1.29 is 9.63 Å². The van der Waals surface area contributed by atoms with Gasteiger partial charge in [0.1, 0.15) is 5.69 Å². The summed E-state index contributed by atoms with van der Waals surface area (Å²) in [6.45, 7) is 4.47. The number of nitrogens with zero attached hydrogens (tertiary/aromatic N) is 2. The maximum Gasteiger partial charge on any atom is 0.295 e. The Morgan fingerprint density at radius 2 is 2.36 bits per heavy atom. The molecule has 0 atom stereocenters. The van der Waals surface area contributed by atoms with Crippen LogP contribution in [0.25, 0.3) is 0 Å². The van der Waals surface area contributed by atoms with E-state index >= 15 is 0 Å². The average molecular weight is 195 g/mol. The molecule has 1 rings (SSSR count). The normalized spacial score (nSPS) is 10.2. The van der Waals surface area contributed by atoms with Crippen LogP contribution in [-0.4, -0.2) is 22.5 Å². The Balaban J connectivity index is 2.36. The molecule has 1 heterocycles. The highest BCUT2D eigenvalue weighted by molar-refractivity contribution is 5.90. The molecule has 1 N–H and O–H groups in total. The van der Waals surface area contributed by atoms with Crippen molar-refractivity contribution in [2.75, 3.05) is 6.61 Å².